The minimum Gasteiger partial charge on any atom is -0.512 e. The second-order valence-corrected chi connectivity index (χ2v) is 6.90. The van der Waals surface area contributed by atoms with Gasteiger partial charge in [-0.1, -0.05) is 74.2 Å². The van der Waals surface area contributed by atoms with Crippen molar-refractivity contribution in [2.24, 2.45) is 13.7 Å². The van der Waals surface area contributed by atoms with Gasteiger partial charge in [-0.05, 0) is 11.3 Å². The predicted octanol–water partition coefficient (Wildman–Crippen LogP) is 4.59. The topological polar surface area (TPSA) is 109 Å². The number of hydrogen-bond acceptors (Lipinski definition) is 7. The summed E-state index contributed by atoms with van der Waals surface area (Å²) in [5, 5.41) is 10.8. The Kier molecular flexibility index (Phi) is 8.59. The Labute approximate surface area is 152 Å². The fourth-order valence-corrected chi connectivity index (χ4v) is 2.55. The molecule has 2 rings (SSSR count). The van der Waals surface area contributed by atoms with Gasteiger partial charge in [-0.25, -0.2) is 0 Å². The molecule has 0 bridgehead atoms. The van der Waals surface area contributed by atoms with Crippen LogP contribution in [0.5, 0.6) is 0 Å². The summed E-state index contributed by atoms with van der Waals surface area (Å²) >= 11 is 0. The molecule has 26 heavy (non-hydrogen) atoms. The zero-order valence-corrected chi connectivity index (χ0v) is 15.0. The van der Waals surface area contributed by atoms with Crippen molar-refractivity contribution in [3.05, 3.63) is 97.3 Å². The van der Waals surface area contributed by atoms with Crippen molar-refractivity contribution in [3.63, 3.8) is 0 Å². The molecule has 0 spiro atoms. The van der Waals surface area contributed by atoms with Crippen LogP contribution in [0.25, 0.3) is 11.8 Å². The molecule has 2 aromatic rings. The Morgan fingerprint density at radius 3 is 1.85 bits per heavy atom. The number of benzene rings is 2. The Hall–Kier alpha value is -3.13. The number of hydrogen-bond donors (Lipinski definition) is 1. The maximum Gasteiger partial charge on any atom is 0.197 e. The van der Waals surface area contributed by atoms with E-state index in [9.17, 15) is 19.8 Å². The third-order valence-electron chi connectivity index (χ3n) is 3.25. The van der Waals surface area contributed by atoms with Gasteiger partial charge in [-0.2, -0.15) is 0 Å². The van der Waals surface area contributed by atoms with E-state index in [2.05, 4.69) is 20.3 Å². The zero-order chi connectivity index (χ0) is 19.4. The first-order valence-electron chi connectivity index (χ1n) is 7.59. The molecule has 0 saturated heterocycles. The minimum absolute atomic E-state index is 0.127. The Balaban J connectivity index is 0.000000472. The first-order valence-corrected chi connectivity index (χ1v) is 9.10. The average Bonchev–Trinajstić information content (AvgIpc) is 2.71. The molecule has 0 fully saturated rings. The van der Waals surface area contributed by atoms with Crippen LogP contribution in [-0.4, -0.2) is 5.11 Å². The van der Waals surface area contributed by atoms with Crippen LogP contribution in [0.3, 0.4) is 0 Å². The standard InChI is InChI=1S/C12H13N3O4S.C6H6/c1-3-12(16)11-7-5-4-6-10(11)8-9(2)20(13-17,14-18)15-19;1-2-4-6-5-3-1/h4-8,16H,2-3H2,1H3;1-6H/b10-8-,12-11+;. The molecule has 8 heteroatoms. The van der Waals surface area contributed by atoms with Gasteiger partial charge in [0.2, 0.25) is 0 Å². The molecule has 0 saturated carbocycles. The first kappa shape index (κ1) is 20.9. The fourth-order valence-electron chi connectivity index (χ4n) is 1.90. The molecule has 0 aliphatic carbocycles. The van der Waals surface area contributed by atoms with Gasteiger partial charge < -0.3 is 5.11 Å². The van der Waals surface area contributed by atoms with Crippen LogP contribution in [0.15, 0.2) is 85.9 Å². The van der Waals surface area contributed by atoms with Crippen LogP contribution < -0.4 is 10.4 Å². The maximum atomic E-state index is 10.7. The van der Waals surface area contributed by atoms with Crippen LogP contribution in [0.2, 0.25) is 0 Å². The molecule has 0 amide bonds. The van der Waals surface area contributed by atoms with Gasteiger partial charge in [0, 0.05) is 25.4 Å². The summed E-state index contributed by atoms with van der Waals surface area (Å²) in [5.41, 5.74) is 0. The third kappa shape index (κ3) is 5.45. The van der Waals surface area contributed by atoms with Crippen LogP contribution in [-0.2, 0) is 0 Å². The van der Waals surface area contributed by atoms with Gasteiger partial charge in [0.25, 0.3) is 0 Å². The SMILES string of the molecule is C=C(/C=c1/cccc/c1=C(\O)CC)S(N=O)(N=O)N=O.c1ccccc1. The van der Waals surface area contributed by atoms with E-state index in [1.807, 2.05) is 36.4 Å². The third-order valence-corrected chi connectivity index (χ3v) is 4.70. The molecular weight excluding hydrogens is 354 g/mol. The number of aliphatic hydroxyl groups excluding tert-OH is 1. The lowest BCUT2D eigenvalue weighted by Crippen LogP contribution is -2.26. The fraction of sp³-hybridized carbons (Fsp3) is 0.111. The van der Waals surface area contributed by atoms with E-state index in [4.69, 9.17) is 0 Å². The van der Waals surface area contributed by atoms with E-state index in [0.717, 1.165) is 0 Å². The van der Waals surface area contributed by atoms with Crippen LogP contribution in [0.1, 0.15) is 13.3 Å². The highest BCUT2D eigenvalue weighted by atomic mass is 32.3. The summed E-state index contributed by atoms with van der Waals surface area (Å²) in [6, 6.07) is 18.7. The van der Waals surface area contributed by atoms with Gasteiger partial charge in [0.15, 0.2) is 10.6 Å². The average molecular weight is 373 g/mol. The number of allylic oxidation sites excluding steroid dienone is 1. The van der Waals surface area contributed by atoms with Gasteiger partial charge in [0.05, 0.1) is 10.7 Å². The van der Waals surface area contributed by atoms with Crippen molar-refractivity contribution in [2.75, 3.05) is 0 Å². The highest BCUT2D eigenvalue weighted by Gasteiger charge is 2.31. The predicted molar refractivity (Wildman–Crippen MR) is 107 cm³/mol. The van der Waals surface area contributed by atoms with Crippen molar-refractivity contribution in [1.82, 2.24) is 0 Å². The Bertz CT molecular complexity index is 836. The van der Waals surface area contributed by atoms with Gasteiger partial charge in [0.1, 0.15) is 0 Å². The van der Waals surface area contributed by atoms with Crippen molar-refractivity contribution in [1.29, 1.82) is 0 Å². The molecule has 0 radical (unpaired) electrons. The quantitative estimate of drug-likeness (QED) is 0.747. The van der Waals surface area contributed by atoms with E-state index in [0.29, 0.717) is 16.9 Å². The normalized spacial score (nSPS) is 12.9. The smallest absolute Gasteiger partial charge is 0.197 e. The van der Waals surface area contributed by atoms with E-state index in [-0.39, 0.29) is 10.7 Å². The maximum absolute atomic E-state index is 10.7. The van der Waals surface area contributed by atoms with E-state index in [1.54, 1.807) is 31.2 Å². The molecular formula is C18H19N3O4S. The Morgan fingerprint density at radius 2 is 1.42 bits per heavy atom. The van der Waals surface area contributed by atoms with Crippen molar-refractivity contribution >= 4 is 22.4 Å². The molecule has 7 nitrogen and oxygen atoms in total. The van der Waals surface area contributed by atoms with Crippen LogP contribution in [0, 0.1) is 14.7 Å². The highest BCUT2D eigenvalue weighted by Crippen LogP contribution is 2.59. The molecule has 0 aliphatic rings. The minimum atomic E-state index is -3.57. The number of nitroso groups, excluding NO2 is 3. The lowest BCUT2D eigenvalue weighted by Gasteiger charge is -2.12. The molecule has 0 atom stereocenters. The lowest BCUT2D eigenvalue weighted by molar-refractivity contribution is 0.483. The number of nitrogens with zero attached hydrogens (tertiary/aromatic N) is 3. The number of aliphatic hydroxyl groups is 1. The highest BCUT2D eigenvalue weighted by molar-refractivity contribution is 8.33. The van der Waals surface area contributed by atoms with Crippen molar-refractivity contribution in [2.45, 2.75) is 13.3 Å². The monoisotopic (exact) mass is 373 g/mol. The van der Waals surface area contributed by atoms with Crippen LogP contribution in [0.4, 0.5) is 0 Å². The summed E-state index contributed by atoms with van der Waals surface area (Å²) in [5.74, 6) is 0.127. The lowest BCUT2D eigenvalue weighted by atomic mass is 10.2. The van der Waals surface area contributed by atoms with Crippen molar-refractivity contribution in [3.8, 4) is 0 Å². The van der Waals surface area contributed by atoms with Gasteiger partial charge >= 0.3 is 0 Å². The van der Waals surface area contributed by atoms with E-state index < -0.39 is 10.6 Å². The summed E-state index contributed by atoms with van der Waals surface area (Å²) in [4.78, 5) is 31.8. The molecule has 0 heterocycles. The second-order valence-electron chi connectivity index (χ2n) is 4.90. The van der Waals surface area contributed by atoms with Crippen LogP contribution >= 0.6 is 10.6 Å². The molecule has 0 unspecified atom stereocenters. The molecule has 1 N–H and O–H groups in total. The summed E-state index contributed by atoms with van der Waals surface area (Å²) < 4.78 is 7.27. The molecule has 136 valence electrons. The molecule has 0 aliphatic heterocycles. The van der Waals surface area contributed by atoms with Gasteiger partial charge in [-0.3, -0.25) is 0 Å². The molecule has 0 aromatic heterocycles. The Morgan fingerprint density at radius 1 is 0.962 bits per heavy atom. The van der Waals surface area contributed by atoms with E-state index in [1.165, 1.54) is 6.08 Å². The first-order chi connectivity index (χ1) is 12.5. The second kappa shape index (κ2) is 10.7. The largest absolute Gasteiger partial charge is 0.512 e. The number of rotatable bonds is 6. The summed E-state index contributed by atoms with van der Waals surface area (Å²) in [6.07, 6.45) is 1.71. The summed E-state index contributed by atoms with van der Waals surface area (Å²) in [6.45, 7) is 5.24. The molecule has 2 aromatic carbocycles. The van der Waals surface area contributed by atoms with E-state index >= 15 is 0 Å². The zero-order valence-electron chi connectivity index (χ0n) is 14.2. The van der Waals surface area contributed by atoms with Crippen molar-refractivity contribution < 1.29 is 5.11 Å². The summed E-state index contributed by atoms with van der Waals surface area (Å²) in [7, 11) is -3.57. The van der Waals surface area contributed by atoms with Gasteiger partial charge in [-0.15, -0.1) is 14.7 Å².